The fourth-order valence-corrected chi connectivity index (χ4v) is 4.19. The first-order valence-corrected chi connectivity index (χ1v) is 9.93. The molecule has 0 radical (unpaired) electrons. The van der Waals surface area contributed by atoms with Crippen LogP contribution < -0.4 is 10.1 Å². The van der Waals surface area contributed by atoms with Crippen molar-refractivity contribution in [3.63, 3.8) is 0 Å². The summed E-state index contributed by atoms with van der Waals surface area (Å²) >= 11 is 1.39. The molecule has 1 fully saturated rings. The molecule has 2 aromatic heterocycles. The van der Waals surface area contributed by atoms with Gasteiger partial charge in [-0.1, -0.05) is 17.4 Å². The number of aromatic nitrogens is 2. The van der Waals surface area contributed by atoms with E-state index >= 15 is 0 Å². The zero-order chi connectivity index (χ0) is 20.2. The molecular weight excluding hydrogens is 394 g/mol. The molecule has 1 aliphatic rings. The Labute approximate surface area is 171 Å². The molecule has 0 aliphatic carbocycles. The van der Waals surface area contributed by atoms with Crippen molar-refractivity contribution in [1.29, 1.82) is 0 Å². The lowest BCUT2D eigenvalue weighted by Gasteiger charge is -2.23. The molecule has 3 aromatic rings. The first-order valence-electron chi connectivity index (χ1n) is 9.11. The van der Waals surface area contributed by atoms with Crippen molar-refractivity contribution in [2.24, 2.45) is 0 Å². The number of rotatable bonds is 6. The highest BCUT2D eigenvalue weighted by molar-refractivity contribution is 7.22. The molecule has 1 aliphatic heterocycles. The average Bonchev–Trinajstić information content (AvgIpc) is 3.17. The third-order valence-electron chi connectivity index (χ3n) is 4.51. The SMILES string of the molecule is COCc1cc(C(=O)Nc2nc3c(OC)ccc(C4COCCO4)c3s2)ccn1. The van der Waals surface area contributed by atoms with E-state index in [0.717, 1.165) is 10.3 Å². The largest absolute Gasteiger partial charge is 0.494 e. The predicted octanol–water partition coefficient (Wildman–Crippen LogP) is 3.19. The highest BCUT2D eigenvalue weighted by Crippen LogP contribution is 2.39. The molecular formula is C20H21N3O5S. The van der Waals surface area contributed by atoms with E-state index < -0.39 is 0 Å². The van der Waals surface area contributed by atoms with Gasteiger partial charge in [0.25, 0.3) is 5.91 Å². The highest BCUT2D eigenvalue weighted by Gasteiger charge is 2.23. The average molecular weight is 415 g/mol. The summed E-state index contributed by atoms with van der Waals surface area (Å²) < 4.78 is 22.8. The number of thiazole rings is 1. The lowest BCUT2D eigenvalue weighted by Crippen LogP contribution is -2.21. The molecule has 1 amide bonds. The Balaban J connectivity index is 1.64. The number of pyridine rings is 1. The van der Waals surface area contributed by atoms with E-state index in [4.69, 9.17) is 18.9 Å². The molecule has 1 unspecified atom stereocenters. The van der Waals surface area contributed by atoms with Crippen LogP contribution in [-0.2, 0) is 20.8 Å². The van der Waals surface area contributed by atoms with Crippen molar-refractivity contribution in [2.45, 2.75) is 12.7 Å². The molecule has 1 saturated heterocycles. The maximum Gasteiger partial charge on any atom is 0.257 e. The molecule has 1 atom stereocenters. The van der Waals surface area contributed by atoms with Crippen molar-refractivity contribution in [1.82, 2.24) is 9.97 Å². The van der Waals surface area contributed by atoms with Gasteiger partial charge in [0.15, 0.2) is 5.13 Å². The number of ether oxygens (including phenoxy) is 4. The van der Waals surface area contributed by atoms with Crippen molar-refractivity contribution < 1.29 is 23.7 Å². The monoisotopic (exact) mass is 415 g/mol. The Morgan fingerprint density at radius 2 is 2.21 bits per heavy atom. The molecule has 8 nitrogen and oxygen atoms in total. The number of benzene rings is 1. The van der Waals surface area contributed by atoms with Crippen LogP contribution in [0.1, 0.15) is 27.7 Å². The zero-order valence-electron chi connectivity index (χ0n) is 16.1. The minimum atomic E-state index is -0.262. The molecule has 29 heavy (non-hydrogen) atoms. The molecule has 0 saturated carbocycles. The van der Waals surface area contributed by atoms with Crippen LogP contribution in [0.5, 0.6) is 5.75 Å². The van der Waals surface area contributed by atoms with Gasteiger partial charge in [0.05, 0.1) is 43.9 Å². The second-order valence-corrected chi connectivity index (χ2v) is 7.41. The van der Waals surface area contributed by atoms with Crippen molar-refractivity contribution in [2.75, 3.05) is 39.4 Å². The van der Waals surface area contributed by atoms with Crippen LogP contribution in [0.2, 0.25) is 0 Å². The first kappa shape index (κ1) is 19.7. The summed E-state index contributed by atoms with van der Waals surface area (Å²) in [5, 5.41) is 3.35. The normalized spacial score (nSPS) is 16.7. The predicted molar refractivity (Wildman–Crippen MR) is 109 cm³/mol. The van der Waals surface area contributed by atoms with Crippen LogP contribution >= 0.6 is 11.3 Å². The van der Waals surface area contributed by atoms with E-state index in [1.807, 2.05) is 12.1 Å². The Morgan fingerprint density at radius 1 is 1.31 bits per heavy atom. The van der Waals surface area contributed by atoms with Gasteiger partial charge in [-0.15, -0.1) is 0 Å². The van der Waals surface area contributed by atoms with Gasteiger partial charge in [-0.3, -0.25) is 15.1 Å². The number of nitrogens with one attached hydrogen (secondary N) is 1. The third-order valence-corrected chi connectivity index (χ3v) is 5.53. The number of hydrogen-bond donors (Lipinski definition) is 1. The van der Waals surface area contributed by atoms with Crippen LogP contribution in [0, 0.1) is 0 Å². The number of nitrogens with zero attached hydrogens (tertiary/aromatic N) is 2. The Morgan fingerprint density at radius 3 is 2.97 bits per heavy atom. The number of fused-ring (bicyclic) bond motifs is 1. The van der Waals surface area contributed by atoms with Crippen LogP contribution in [0.25, 0.3) is 10.2 Å². The number of amides is 1. The lowest BCUT2D eigenvalue weighted by atomic mass is 10.1. The van der Waals surface area contributed by atoms with Crippen LogP contribution in [0.3, 0.4) is 0 Å². The van der Waals surface area contributed by atoms with Crippen LogP contribution in [-0.4, -0.2) is 49.9 Å². The van der Waals surface area contributed by atoms with Crippen molar-refractivity contribution in [3.05, 3.63) is 47.3 Å². The minimum Gasteiger partial charge on any atom is -0.494 e. The number of methoxy groups -OCH3 is 2. The molecule has 1 N–H and O–H groups in total. The topological polar surface area (TPSA) is 91.8 Å². The summed E-state index contributed by atoms with van der Waals surface area (Å²) in [4.78, 5) is 21.5. The number of anilines is 1. The molecule has 3 heterocycles. The van der Waals surface area contributed by atoms with E-state index in [1.54, 1.807) is 32.5 Å². The smallest absolute Gasteiger partial charge is 0.257 e. The minimum absolute atomic E-state index is 0.169. The van der Waals surface area contributed by atoms with E-state index in [9.17, 15) is 4.79 Å². The Kier molecular flexibility index (Phi) is 6.00. The summed E-state index contributed by atoms with van der Waals surface area (Å²) in [6.07, 6.45) is 1.42. The van der Waals surface area contributed by atoms with Gasteiger partial charge in [-0.05, 0) is 18.2 Å². The summed E-state index contributed by atoms with van der Waals surface area (Å²) in [5.74, 6) is 0.380. The van der Waals surface area contributed by atoms with Gasteiger partial charge in [-0.2, -0.15) is 0 Å². The van der Waals surface area contributed by atoms with Crippen LogP contribution in [0.4, 0.5) is 5.13 Å². The molecule has 0 spiro atoms. The van der Waals surface area contributed by atoms with Crippen molar-refractivity contribution >= 4 is 32.6 Å². The second-order valence-electron chi connectivity index (χ2n) is 6.41. The fourth-order valence-electron chi connectivity index (χ4n) is 3.16. The second kappa shape index (κ2) is 8.83. The molecule has 0 bridgehead atoms. The third kappa shape index (κ3) is 4.23. The first-order chi connectivity index (χ1) is 14.2. The van der Waals surface area contributed by atoms with Crippen molar-refractivity contribution in [3.8, 4) is 5.75 Å². The van der Waals surface area contributed by atoms with Gasteiger partial charge in [0, 0.05) is 24.4 Å². The Hall–Kier alpha value is -2.59. The lowest BCUT2D eigenvalue weighted by molar-refractivity contribution is -0.0895. The summed E-state index contributed by atoms with van der Waals surface area (Å²) in [7, 11) is 3.18. The maximum atomic E-state index is 12.7. The number of carbonyl (C=O) groups is 1. The number of carbonyl (C=O) groups excluding carboxylic acids is 1. The summed E-state index contributed by atoms with van der Waals surface area (Å²) in [6, 6.07) is 7.18. The van der Waals surface area contributed by atoms with Gasteiger partial charge in [0.2, 0.25) is 0 Å². The van der Waals surface area contributed by atoms with E-state index in [0.29, 0.717) is 54.1 Å². The standard InChI is InChI=1S/C20H21N3O5S/c1-25-10-13-9-12(5-6-21-13)19(24)23-20-22-17-15(26-2)4-3-14(18(17)29-20)16-11-27-7-8-28-16/h3-6,9,16H,7-8,10-11H2,1-2H3,(H,22,23,24). The summed E-state index contributed by atoms with van der Waals surface area (Å²) in [6.45, 7) is 1.97. The van der Waals surface area contributed by atoms with Gasteiger partial charge in [0.1, 0.15) is 17.4 Å². The van der Waals surface area contributed by atoms with Crippen LogP contribution in [0.15, 0.2) is 30.5 Å². The molecule has 4 rings (SSSR count). The van der Waals surface area contributed by atoms with Gasteiger partial charge < -0.3 is 18.9 Å². The zero-order valence-corrected chi connectivity index (χ0v) is 17.0. The molecule has 152 valence electrons. The van der Waals surface area contributed by atoms with E-state index in [2.05, 4.69) is 15.3 Å². The fraction of sp³-hybridized carbons (Fsp3) is 0.350. The Bertz CT molecular complexity index is 1020. The summed E-state index contributed by atoms with van der Waals surface area (Å²) in [5.41, 5.74) is 2.84. The molecule has 1 aromatic carbocycles. The van der Waals surface area contributed by atoms with Gasteiger partial charge >= 0.3 is 0 Å². The number of hydrogen-bond acceptors (Lipinski definition) is 8. The maximum absolute atomic E-state index is 12.7. The van der Waals surface area contributed by atoms with Gasteiger partial charge in [-0.25, -0.2) is 4.98 Å². The highest BCUT2D eigenvalue weighted by atomic mass is 32.1. The quantitative estimate of drug-likeness (QED) is 0.661. The van der Waals surface area contributed by atoms with E-state index in [1.165, 1.54) is 11.3 Å². The van der Waals surface area contributed by atoms with E-state index in [-0.39, 0.29) is 12.0 Å². The molecule has 9 heteroatoms.